The van der Waals surface area contributed by atoms with Crippen LogP contribution in [0.2, 0.25) is 0 Å². The van der Waals surface area contributed by atoms with Gasteiger partial charge in [-0.15, -0.1) is 0 Å². The third kappa shape index (κ3) is 4.68. The van der Waals surface area contributed by atoms with E-state index in [0.29, 0.717) is 0 Å². The summed E-state index contributed by atoms with van der Waals surface area (Å²) in [7, 11) is 0.315. The van der Waals surface area contributed by atoms with Crippen molar-refractivity contribution in [1.29, 1.82) is 0 Å². The smallest absolute Gasteiger partial charge is 0.275 e. The lowest BCUT2D eigenvalue weighted by Crippen LogP contribution is -2.45. The Morgan fingerprint density at radius 3 is 2.64 bits per heavy atom. The Morgan fingerprint density at radius 1 is 1.43 bits per heavy atom. The molecule has 1 aliphatic heterocycles. The SMILES string of the molecule is CN1CCN(CCS[P+]([O-])=NO)CC1. The second-order valence-electron chi connectivity index (χ2n) is 3.31. The van der Waals surface area contributed by atoms with Crippen molar-refractivity contribution in [3.63, 3.8) is 0 Å². The summed E-state index contributed by atoms with van der Waals surface area (Å²) in [6.45, 7) is 5.27. The highest BCUT2D eigenvalue weighted by atomic mass is 32.7. The van der Waals surface area contributed by atoms with Crippen LogP contribution >= 0.6 is 18.5 Å². The van der Waals surface area contributed by atoms with Gasteiger partial charge in [0, 0.05) is 32.7 Å². The molecule has 1 N–H and O–H groups in total. The van der Waals surface area contributed by atoms with Crippen molar-refractivity contribution < 1.29 is 10.1 Å². The molecule has 0 aromatic carbocycles. The number of nitrogens with zero attached hydrogens (tertiary/aromatic N) is 3. The monoisotopic (exact) mass is 237 g/mol. The van der Waals surface area contributed by atoms with E-state index in [-0.39, 0.29) is 0 Å². The molecule has 0 amide bonds. The fraction of sp³-hybridized carbons (Fsp3) is 1.00. The molecule has 1 aliphatic rings. The zero-order valence-corrected chi connectivity index (χ0v) is 10.0. The van der Waals surface area contributed by atoms with E-state index in [1.54, 1.807) is 0 Å². The summed E-state index contributed by atoms with van der Waals surface area (Å²) in [5.74, 6) is 0.767. The summed E-state index contributed by atoms with van der Waals surface area (Å²) in [6, 6.07) is 0. The second-order valence-corrected chi connectivity index (χ2v) is 6.34. The Balaban J connectivity index is 2.07. The molecule has 0 saturated carbocycles. The third-order valence-electron chi connectivity index (χ3n) is 2.28. The summed E-state index contributed by atoms with van der Waals surface area (Å²) in [6.07, 6.45) is 0. The molecule has 1 atom stereocenters. The lowest BCUT2D eigenvalue weighted by Gasteiger charge is -2.31. The van der Waals surface area contributed by atoms with Crippen LogP contribution in [0.3, 0.4) is 0 Å². The van der Waals surface area contributed by atoms with Crippen molar-refractivity contribution in [3.8, 4) is 0 Å². The van der Waals surface area contributed by atoms with Crippen LogP contribution in [0.4, 0.5) is 0 Å². The van der Waals surface area contributed by atoms with Crippen LogP contribution in [0, 0.1) is 0 Å². The van der Waals surface area contributed by atoms with Gasteiger partial charge in [0.15, 0.2) is 0 Å². The topological polar surface area (TPSA) is 62.1 Å². The van der Waals surface area contributed by atoms with Gasteiger partial charge in [0.25, 0.3) is 7.14 Å². The van der Waals surface area contributed by atoms with E-state index in [4.69, 9.17) is 5.21 Å². The summed E-state index contributed by atoms with van der Waals surface area (Å²) < 4.78 is 0. The maximum atomic E-state index is 10.8. The van der Waals surface area contributed by atoms with Gasteiger partial charge in [0.05, 0.1) is 10.7 Å². The van der Waals surface area contributed by atoms with Crippen molar-refractivity contribution in [2.24, 2.45) is 4.91 Å². The van der Waals surface area contributed by atoms with Crippen LogP contribution < -0.4 is 4.89 Å². The minimum absolute atomic E-state index is 0.767. The van der Waals surface area contributed by atoms with E-state index < -0.39 is 7.14 Å². The molecule has 0 bridgehead atoms. The van der Waals surface area contributed by atoms with Gasteiger partial charge in [-0.25, -0.2) is 5.21 Å². The molecule has 0 aromatic rings. The molecule has 14 heavy (non-hydrogen) atoms. The highest BCUT2D eigenvalue weighted by molar-refractivity contribution is 8.50. The summed E-state index contributed by atoms with van der Waals surface area (Å²) in [5, 5.41) is 8.21. The molecule has 1 fully saturated rings. The quantitative estimate of drug-likeness (QED) is 0.559. The van der Waals surface area contributed by atoms with Crippen LogP contribution in [0.25, 0.3) is 0 Å². The van der Waals surface area contributed by atoms with Crippen molar-refractivity contribution in [1.82, 2.24) is 9.80 Å². The van der Waals surface area contributed by atoms with Crippen molar-refractivity contribution in [2.45, 2.75) is 0 Å². The zero-order chi connectivity index (χ0) is 10.4. The van der Waals surface area contributed by atoms with Crippen LogP contribution in [0.1, 0.15) is 0 Å². The van der Waals surface area contributed by atoms with Crippen LogP contribution in [0.5, 0.6) is 0 Å². The highest BCUT2D eigenvalue weighted by Gasteiger charge is 2.14. The number of rotatable bonds is 4. The van der Waals surface area contributed by atoms with E-state index in [1.165, 1.54) is 11.4 Å². The summed E-state index contributed by atoms with van der Waals surface area (Å²) in [5.41, 5.74) is 0. The van der Waals surface area contributed by atoms with E-state index in [1.807, 2.05) is 0 Å². The molecule has 1 saturated heterocycles. The molecule has 82 valence electrons. The van der Waals surface area contributed by atoms with Gasteiger partial charge in [-0.05, 0) is 7.05 Å². The molecule has 1 rings (SSSR count). The number of hydrogen-bond donors (Lipinski definition) is 1. The maximum Gasteiger partial charge on any atom is 0.275 e. The number of likely N-dealkylation sites (N-methyl/N-ethyl adjacent to an activating group) is 1. The largest absolute Gasteiger partial charge is 0.599 e. The van der Waals surface area contributed by atoms with Crippen molar-refractivity contribution >= 4 is 18.5 Å². The second kappa shape index (κ2) is 6.71. The highest BCUT2D eigenvalue weighted by Crippen LogP contribution is 2.31. The molecule has 0 aliphatic carbocycles. The maximum absolute atomic E-state index is 10.8. The zero-order valence-electron chi connectivity index (χ0n) is 8.30. The van der Waals surface area contributed by atoms with Gasteiger partial charge >= 0.3 is 0 Å². The van der Waals surface area contributed by atoms with Gasteiger partial charge in [-0.3, -0.25) is 4.90 Å². The first kappa shape index (κ1) is 12.4. The Kier molecular flexibility index (Phi) is 5.93. The Labute approximate surface area is 89.3 Å². The first-order chi connectivity index (χ1) is 6.72. The Morgan fingerprint density at radius 2 is 2.07 bits per heavy atom. The van der Waals surface area contributed by atoms with Crippen molar-refractivity contribution in [3.05, 3.63) is 0 Å². The summed E-state index contributed by atoms with van der Waals surface area (Å²) in [4.78, 5) is 18.1. The first-order valence-corrected chi connectivity index (χ1v) is 7.39. The van der Waals surface area contributed by atoms with Crippen LogP contribution in [-0.4, -0.2) is 60.5 Å². The van der Waals surface area contributed by atoms with Crippen LogP contribution in [0.15, 0.2) is 4.91 Å². The Hall–Kier alpha value is 0.290. The fourth-order valence-electron chi connectivity index (χ4n) is 1.35. The molecule has 5 nitrogen and oxygen atoms in total. The summed E-state index contributed by atoms with van der Waals surface area (Å²) >= 11 is 1.21. The minimum atomic E-state index is -1.80. The molecule has 0 spiro atoms. The molecule has 0 radical (unpaired) electrons. The molecular weight excluding hydrogens is 221 g/mol. The number of piperazine rings is 1. The van der Waals surface area contributed by atoms with Gasteiger partial charge in [-0.2, -0.15) is 0 Å². The minimum Gasteiger partial charge on any atom is -0.599 e. The van der Waals surface area contributed by atoms with Crippen LogP contribution in [-0.2, 0) is 0 Å². The fourth-order valence-corrected chi connectivity index (χ4v) is 2.76. The molecule has 7 heteroatoms. The van der Waals surface area contributed by atoms with E-state index >= 15 is 0 Å². The predicted octanol–water partition coefficient (Wildman–Crippen LogP) is 0.212. The van der Waals surface area contributed by atoms with E-state index in [0.717, 1.165) is 38.5 Å². The van der Waals surface area contributed by atoms with E-state index in [9.17, 15) is 4.89 Å². The average molecular weight is 237 g/mol. The standard InChI is InChI=1S/C7H16N3O2PS/c1-9-2-4-10(5-3-9)6-7-14-13(12)8-11/h11H,2-7H2,1H3. The van der Waals surface area contributed by atoms with E-state index in [2.05, 4.69) is 21.8 Å². The van der Waals surface area contributed by atoms with Gasteiger partial charge in [0.2, 0.25) is 0 Å². The van der Waals surface area contributed by atoms with Gasteiger partial charge in [0.1, 0.15) is 11.4 Å². The first-order valence-electron chi connectivity index (χ1n) is 4.58. The predicted molar refractivity (Wildman–Crippen MR) is 57.5 cm³/mol. The molecule has 0 aromatic heterocycles. The molecule has 1 heterocycles. The molecular formula is C7H16N3O2PS. The van der Waals surface area contributed by atoms with Crippen molar-refractivity contribution in [2.75, 3.05) is 45.5 Å². The average Bonchev–Trinajstić information content (AvgIpc) is 2.21. The lowest BCUT2D eigenvalue weighted by atomic mass is 10.3. The Bertz CT molecular complexity index is 197. The number of hydrogen-bond acceptors (Lipinski definition) is 5. The van der Waals surface area contributed by atoms with Gasteiger partial charge < -0.3 is 9.79 Å². The molecule has 1 unspecified atom stereocenters. The van der Waals surface area contributed by atoms with Gasteiger partial charge in [-0.1, -0.05) is 0 Å². The third-order valence-corrected chi connectivity index (χ3v) is 4.44. The normalized spacial score (nSPS) is 21.5. The lowest BCUT2D eigenvalue weighted by molar-refractivity contribution is -0.151.